The molecule has 1 aromatic rings. The Morgan fingerprint density at radius 1 is 1.36 bits per heavy atom. The molecule has 2 rings (SSSR count). The molecule has 0 radical (unpaired) electrons. The second-order valence-electron chi connectivity index (χ2n) is 6.86. The molecular weight excluding hydrogens is 354 g/mol. The quantitative estimate of drug-likeness (QED) is 0.424. The molecule has 0 aliphatic heterocycles. The first-order valence-corrected chi connectivity index (χ1v) is 9.49. The van der Waals surface area contributed by atoms with Crippen molar-refractivity contribution in [2.45, 2.75) is 53.6 Å². The van der Waals surface area contributed by atoms with E-state index in [1.54, 1.807) is 0 Å². The summed E-state index contributed by atoms with van der Waals surface area (Å²) in [6.45, 7) is 8.52. The van der Waals surface area contributed by atoms with Gasteiger partial charge >= 0.3 is 6.03 Å². The Bertz CT molecular complexity index is 839. The fraction of sp³-hybridized carbons (Fsp3) is 0.429. The Labute approximate surface area is 166 Å². The summed E-state index contributed by atoms with van der Waals surface area (Å²) in [5, 5.41) is 11.5. The second kappa shape index (κ2) is 9.82. The van der Waals surface area contributed by atoms with Crippen LogP contribution in [0.15, 0.2) is 51.4 Å². The number of rotatable bonds is 7. The van der Waals surface area contributed by atoms with Crippen molar-refractivity contribution in [2.75, 3.05) is 12.4 Å². The van der Waals surface area contributed by atoms with Gasteiger partial charge in [0.2, 0.25) is 0 Å². The fourth-order valence-electron chi connectivity index (χ4n) is 3.29. The van der Waals surface area contributed by atoms with Crippen molar-refractivity contribution in [3.63, 3.8) is 0 Å². The minimum atomic E-state index is -0.422. The molecule has 2 amide bonds. The van der Waals surface area contributed by atoms with Crippen LogP contribution in [0.3, 0.4) is 0 Å². The molecule has 150 valence electrons. The van der Waals surface area contributed by atoms with Gasteiger partial charge in [0.15, 0.2) is 0 Å². The topological polar surface area (TPSA) is 91.9 Å². The van der Waals surface area contributed by atoms with Gasteiger partial charge in [0.1, 0.15) is 13.7 Å². The minimum absolute atomic E-state index is 0.250. The van der Waals surface area contributed by atoms with Gasteiger partial charge in [0, 0.05) is 5.56 Å². The maximum atomic E-state index is 12.1. The lowest BCUT2D eigenvalue weighted by molar-refractivity contribution is -0.248. The van der Waals surface area contributed by atoms with Crippen molar-refractivity contribution in [2.24, 2.45) is 10.4 Å². The predicted octanol–water partition coefficient (Wildman–Crippen LogP) is 3.92. The Balaban J connectivity index is 2.13. The number of nitrogens with zero attached hydrogens (tertiary/aromatic N) is 3. The van der Waals surface area contributed by atoms with E-state index < -0.39 is 6.03 Å². The molecule has 0 saturated carbocycles. The van der Waals surface area contributed by atoms with Gasteiger partial charge in [0.25, 0.3) is 0 Å². The molecule has 0 fully saturated rings. The van der Waals surface area contributed by atoms with Gasteiger partial charge in [-0.05, 0) is 62.8 Å². The standard InChI is InChI=1S/C21H29N5O2/c1-6-17-10-8-11-18(15(17)3)16(4)24-28-13-19-14(2)9-7-12-20(19)23-21(27)26(5)25-22/h7,9,11-12,22H,6,8,10,13H2,1-5H3,(H,23,27)/p+1/b24-16-,25-22?. The van der Waals surface area contributed by atoms with Gasteiger partial charge < -0.3 is 4.84 Å². The number of nitrogens with one attached hydrogen (secondary N) is 1. The molecule has 0 unspecified atom stereocenters. The average Bonchev–Trinajstić information content (AvgIpc) is 2.69. The molecule has 7 nitrogen and oxygen atoms in total. The van der Waals surface area contributed by atoms with E-state index >= 15 is 0 Å². The number of benzene rings is 1. The first-order chi connectivity index (χ1) is 13.4. The van der Waals surface area contributed by atoms with Crippen LogP contribution in [0, 0.1) is 6.92 Å². The molecule has 0 bridgehead atoms. The van der Waals surface area contributed by atoms with E-state index in [0.717, 1.165) is 46.7 Å². The summed E-state index contributed by atoms with van der Waals surface area (Å²) in [6.07, 6.45) is 5.45. The highest BCUT2D eigenvalue weighted by atomic mass is 16.6. The number of hydrogen-bond donors (Lipinski definition) is 2. The lowest BCUT2D eigenvalue weighted by Crippen LogP contribution is -2.37. The van der Waals surface area contributed by atoms with E-state index in [-0.39, 0.29) is 6.61 Å². The maximum Gasteiger partial charge on any atom is 0.433 e. The van der Waals surface area contributed by atoms with Crippen LogP contribution in [0.1, 0.15) is 51.2 Å². The summed E-state index contributed by atoms with van der Waals surface area (Å²) in [5.41, 5.74) is 12.5. The summed E-state index contributed by atoms with van der Waals surface area (Å²) >= 11 is 0. The first-order valence-electron chi connectivity index (χ1n) is 9.49. The smallest absolute Gasteiger partial charge is 0.391 e. The Morgan fingerprint density at radius 2 is 2.11 bits per heavy atom. The Hall–Kier alpha value is -2.96. The third kappa shape index (κ3) is 5.06. The van der Waals surface area contributed by atoms with Crippen molar-refractivity contribution in [1.29, 1.82) is 0 Å². The summed E-state index contributed by atoms with van der Waals surface area (Å²) in [4.78, 5) is 17.7. The van der Waals surface area contributed by atoms with Gasteiger partial charge in [-0.1, -0.05) is 40.9 Å². The van der Waals surface area contributed by atoms with Gasteiger partial charge in [-0.15, -0.1) is 0 Å². The van der Waals surface area contributed by atoms with Crippen molar-refractivity contribution in [1.82, 2.24) is 5.01 Å². The zero-order valence-electron chi connectivity index (χ0n) is 17.4. The normalized spacial score (nSPS) is 14.5. The van der Waals surface area contributed by atoms with Gasteiger partial charge in [-0.3, -0.25) is 5.32 Å². The van der Waals surface area contributed by atoms with Crippen molar-refractivity contribution in [3.8, 4) is 0 Å². The van der Waals surface area contributed by atoms with Crippen molar-refractivity contribution >= 4 is 17.4 Å². The lowest BCUT2D eigenvalue weighted by Gasteiger charge is -2.18. The highest BCUT2D eigenvalue weighted by molar-refractivity contribution is 6.02. The van der Waals surface area contributed by atoms with Gasteiger partial charge in [0.05, 0.1) is 16.6 Å². The SMILES string of the molecule is CCC1=C(C)C(/C(C)=N\OCc2c(C)cccc2NC(=O)N(C)N=[NH2+])=CCC1. The minimum Gasteiger partial charge on any atom is -0.391 e. The lowest BCUT2D eigenvalue weighted by atomic mass is 9.88. The molecule has 1 aliphatic rings. The third-order valence-corrected chi connectivity index (χ3v) is 5.07. The molecule has 28 heavy (non-hydrogen) atoms. The number of carbonyl (C=O) groups is 1. The number of allylic oxidation sites excluding steroid dienone is 4. The highest BCUT2D eigenvalue weighted by Crippen LogP contribution is 2.28. The molecule has 0 atom stereocenters. The Kier molecular flexibility index (Phi) is 7.49. The van der Waals surface area contributed by atoms with Crippen molar-refractivity contribution < 1.29 is 15.2 Å². The summed E-state index contributed by atoms with van der Waals surface area (Å²) in [7, 11) is 1.48. The third-order valence-electron chi connectivity index (χ3n) is 5.07. The number of urea groups is 1. The molecular formula is C21H30N5O2+. The monoisotopic (exact) mass is 384 g/mol. The van der Waals surface area contributed by atoms with E-state index in [1.807, 2.05) is 32.0 Å². The average molecular weight is 385 g/mol. The molecule has 1 aliphatic carbocycles. The zero-order chi connectivity index (χ0) is 20.7. The summed E-state index contributed by atoms with van der Waals surface area (Å²) < 4.78 is 0. The molecule has 0 saturated heterocycles. The first kappa shape index (κ1) is 21.3. The number of anilines is 1. The zero-order valence-corrected chi connectivity index (χ0v) is 17.4. The van der Waals surface area contributed by atoms with Crippen LogP contribution < -0.4 is 10.8 Å². The highest BCUT2D eigenvalue weighted by Gasteiger charge is 2.17. The predicted molar refractivity (Wildman–Crippen MR) is 111 cm³/mol. The molecule has 3 N–H and O–H groups in total. The number of carbonyl (C=O) groups excluding carboxylic acids is 1. The maximum absolute atomic E-state index is 12.1. The number of aryl methyl sites for hydroxylation is 1. The number of hydrogen-bond acceptors (Lipinski definition) is 4. The van der Waals surface area contributed by atoms with Crippen LogP contribution in [0.25, 0.3) is 0 Å². The van der Waals surface area contributed by atoms with Crippen LogP contribution in [-0.2, 0) is 11.4 Å². The van der Waals surface area contributed by atoms with Crippen molar-refractivity contribution in [3.05, 3.63) is 52.1 Å². The summed E-state index contributed by atoms with van der Waals surface area (Å²) in [5.74, 6) is 0. The molecule has 0 heterocycles. The van der Waals surface area contributed by atoms with Crippen LogP contribution in [0.4, 0.5) is 10.5 Å². The summed E-state index contributed by atoms with van der Waals surface area (Å²) in [6, 6.07) is 5.23. The van der Waals surface area contributed by atoms with Crippen LogP contribution in [0.2, 0.25) is 0 Å². The van der Waals surface area contributed by atoms with Crippen LogP contribution >= 0.6 is 0 Å². The Morgan fingerprint density at radius 3 is 2.79 bits per heavy atom. The van der Waals surface area contributed by atoms with Crippen LogP contribution in [-0.4, -0.2) is 23.8 Å². The van der Waals surface area contributed by atoms with E-state index in [2.05, 4.69) is 35.6 Å². The largest absolute Gasteiger partial charge is 0.433 e. The molecule has 0 aromatic heterocycles. The second-order valence-corrected chi connectivity index (χ2v) is 6.86. The fourth-order valence-corrected chi connectivity index (χ4v) is 3.29. The number of amides is 2. The van der Waals surface area contributed by atoms with E-state index in [0.29, 0.717) is 5.69 Å². The van der Waals surface area contributed by atoms with E-state index in [1.165, 1.54) is 18.2 Å². The number of nitrogens with two attached hydrogens (primary N) is 1. The number of oxime groups is 1. The molecule has 1 aromatic carbocycles. The van der Waals surface area contributed by atoms with Gasteiger partial charge in [-0.2, -0.15) is 5.53 Å². The molecule has 7 heteroatoms. The van der Waals surface area contributed by atoms with E-state index in [4.69, 9.17) is 10.4 Å². The molecule has 0 spiro atoms. The van der Waals surface area contributed by atoms with Gasteiger partial charge in [-0.25, -0.2) is 4.79 Å². The van der Waals surface area contributed by atoms with E-state index in [9.17, 15) is 4.79 Å². The van der Waals surface area contributed by atoms with Crippen LogP contribution in [0.5, 0.6) is 0 Å².